The lowest BCUT2D eigenvalue weighted by atomic mass is 9.44. The van der Waals surface area contributed by atoms with E-state index >= 15 is 0 Å². The zero-order chi connectivity index (χ0) is 15.1. The number of hydrogen-bond acceptors (Lipinski definition) is 3. The summed E-state index contributed by atoms with van der Waals surface area (Å²) in [6.07, 6.45) is 3.33. The fraction of sp³-hybridized carbons (Fsp3) is 0.875. The van der Waals surface area contributed by atoms with Crippen molar-refractivity contribution < 1.29 is 14.3 Å². The van der Waals surface area contributed by atoms with Crippen LogP contribution in [-0.2, 0) is 9.53 Å². The number of fused-ring (bicyclic) bond motifs is 2. The largest absolute Gasteiger partial charge is 0.444 e. The van der Waals surface area contributed by atoms with Gasteiger partial charge in [-0.05, 0) is 56.8 Å². The molecule has 20 heavy (non-hydrogen) atoms. The minimum Gasteiger partial charge on any atom is -0.444 e. The summed E-state index contributed by atoms with van der Waals surface area (Å²) in [6.45, 7) is 10.1. The summed E-state index contributed by atoms with van der Waals surface area (Å²) in [5.41, 5.74) is -0.227. The molecule has 0 spiro atoms. The van der Waals surface area contributed by atoms with Crippen molar-refractivity contribution in [1.29, 1.82) is 0 Å². The lowest BCUT2D eigenvalue weighted by Crippen LogP contribution is -2.63. The van der Waals surface area contributed by atoms with Crippen molar-refractivity contribution in [2.24, 2.45) is 23.2 Å². The lowest BCUT2D eigenvalue weighted by Gasteiger charge is -2.62. The van der Waals surface area contributed by atoms with E-state index < -0.39 is 5.60 Å². The van der Waals surface area contributed by atoms with Gasteiger partial charge in [-0.1, -0.05) is 13.8 Å². The normalized spacial score (nSPS) is 34.9. The monoisotopic (exact) mass is 281 g/mol. The first-order valence-electron chi connectivity index (χ1n) is 7.58. The number of alkyl carbamates (subject to hydrolysis) is 1. The van der Waals surface area contributed by atoms with Gasteiger partial charge in [0.1, 0.15) is 11.9 Å². The summed E-state index contributed by atoms with van der Waals surface area (Å²) in [4.78, 5) is 22.9. The number of rotatable bonds is 3. The van der Waals surface area contributed by atoms with Crippen LogP contribution in [0.1, 0.15) is 53.9 Å². The van der Waals surface area contributed by atoms with Gasteiger partial charge in [0.05, 0.1) is 0 Å². The first kappa shape index (κ1) is 15.3. The van der Waals surface area contributed by atoms with Crippen LogP contribution in [0, 0.1) is 23.2 Å². The van der Waals surface area contributed by atoms with Crippen molar-refractivity contribution in [2.75, 3.05) is 0 Å². The second-order valence-corrected chi connectivity index (χ2v) is 7.93. The molecule has 0 aliphatic heterocycles. The molecular weight excluding hydrogens is 254 g/mol. The van der Waals surface area contributed by atoms with Crippen molar-refractivity contribution >= 4 is 12.4 Å². The number of carbonyl (C=O) groups excluding carboxylic acids is 2. The summed E-state index contributed by atoms with van der Waals surface area (Å²) in [5, 5.41) is 3.03. The Bertz CT molecular complexity index is 397. The van der Waals surface area contributed by atoms with Gasteiger partial charge < -0.3 is 14.8 Å². The maximum atomic E-state index is 12.0. The molecule has 0 saturated heterocycles. The van der Waals surface area contributed by atoms with E-state index in [0.29, 0.717) is 18.3 Å². The summed E-state index contributed by atoms with van der Waals surface area (Å²) < 4.78 is 5.36. The molecule has 0 radical (unpaired) electrons. The van der Waals surface area contributed by atoms with E-state index in [0.717, 1.165) is 19.1 Å². The van der Waals surface area contributed by atoms with Gasteiger partial charge in [-0.25, -0.2) is 4.79 Å². The molecule has 0 aromatic heterocycles. The summed E-state index contributed by atoms with van der Waals surface area (Å²) in [5.74, 6) is 1.41. The van der Waals surface area contributed by atoms with Crippen LogP contribution in [0.5, 0.6) is 0 Å². The average molecular weight is 281 g/mol. The van der Waals surface area contributed by atoms with Gasteiger partial charge in [-0.3, -0.25) is 0 Å². The molecule has 0 unspecified atom stereocenters. The molecule has 4 nitrogen and oxygen atoms in total. The quantitative estimate of drug-likeness (QED) is 0.808. The second-order valence-electron chi connectivity index (χ2n) is 7.93. The fourth-order valence-electron chi connectivity index (χ4n) is 3.93. The lowest BCUT2D eigenvalue weighted by molar-refractivity contribution is -0.124. The Morgan fingerprint density at radius 1 is 1.35 bits per heavy atom. The smallest absolute Gasteiger partial charge is 0.407 e. The Balaban J connectivity index is 2.05. The van der Waals surface area contributed by atoms with E-state index in [9.17, 15) is 9.59 Å². The molecule has 3 saturated carbocycles. The van der Waals surface area contributed by atoms with Crippen molar-refractivity contribution in [1.82, 2.24) is 5.32 Å². The molecule has 0 aromatic rings. The van der Waals surface area contributed by atoms with E-state index in [-0.39, 0.29) is 23.5 Å². The Hall–Kier alpha value is -1.06. The van der Waals surface area contributed by atoms with Crippen LogP contribution in [0.25, 0.3) is 0 Å². The van der Waals surface area contributed by atoms with Crippen LogP contribution in [0.15, 0.2) is 0 Å². The van der Waals surface area contributed by atoms with Crippen LogP contribution < -0.4 is 5.32 Å². The minimum absolute atomic E-state index is 0.0649. The summed E-state index contributed by atoms with van der Waals surface area (Å²) >= 11 is 0. The SMILES string of the molecule is CC(C)(C)OC(=O)N[C@@H]1[C@@H](CC=O)C[C@H]2C[C@@H]1C2(C)C. The van der Waals surface area contributed by atoms with Gasteiger partial charge >= 0.3 is 6.09 Å². The summed E-state index contributed by atoms with van der Waals surface area (Å²) in [7, 11) is 0. The predicted molar refractivity (Wildman–Crippen MR) is 77.3 cm³/mol. The topological polar surface area (TPSA) is 55.4 Å². The first-order chi connectivity index (χ1) is 9.15. The van der Waals surface area contributed by atoms with Crippen LogP contribution in [0.3, 0.4) is 0 Å². The highest BCUT2D eigenvalue weighted by molar-refractivity contribution is 5.68. The van der Waals surface area contributed by atoms with Gasteiger partial charge in [0, 0.05) is 12.5 Å². The molecule has 4 atom stereocenters. The van der Waals surface area contributed by atoms with E-state index in [4.69, 9.17) is 4.74 Å². The van der Waals surface area contributed by atoms with Crippen molar-refractivity contribution in [2.45, 2.75) is 65.5 Å². The maximum absolute atomic E-state index is 12.0. The number of carbonyl (C=O) groups is 2. The highest BCUT2D eigenvalue weighted by Crippen LogP contribution is 2.61. The van der Waals surface area contributed by atoms with Crippen LogP contribution >= 0.6 is 0 Å². The molecule has 1 N–H and O–H groups in total. The molecule has 3 fully saturated rings. The minimum atomic E-state index is -0.490. The molecule has 114 valence electrons. The highest BCUT2D eigenvalue weighted by Gasteiger charge is 2.57. The van der Waals surface area contributed by atoms with E-state index in [1.54, 1.807) is 0 Å². The van der Waals surface area contributed by atoms with Gasteiger partial charge in [-0.15, -0.1) is 0 Å². The Labute approximate surface area is 121 Å². The molecule has 4 heteroatoms. The van der Waals surface area contributed by atoms with E-state index in [1.165, 1.54) is 0 Å². The van der Waals surface area contributed by atoms with Crippen LogP contribution in [0.4, 0.5) is 4.79 Å². The predicted octanol–water partition coefficient (Wildman–Crippen LogP) is 3.15. The van der Waals surface area contributed by atoms with Crippen molar-refractivity contribution in [3.05, 3.63) is 0 Å². The number of hydrogen-bond donors (Lipinski definition) is 1. The van der Waals surface area contributed by atoms with Gasteiger partial charge in [-0.2, -0.15) is 0 Å². The molecule has 1 amide bonds. The Morgan fingerprint density at radius 3 is 2.50 bits per heavy atom. The van der Waals surface area contributed by atoms with Crippen LogP contribution in [-0.4, -0.2) is 24.0 Å². The van der Waals surface area contributed by atoms with Crippen molar-refractivity contribution in [3.8, 4) is 0 Å². The zero-order valence-corrected chi connectivity index (χ0v) is 13.2. The molecule has 2 bridgehead atoms. The van der Waals surface area contributed by atoms with Gasteiger partial charge in [0.2, 0.25) is 0 Å². The fourth-order valence-corrected chi connectivity index (χ4v) is 3.93. The number of amides is 1. The van der Waals surface area contributed by atoms with Gasteiger partial charge in [0.25, 0.3) is 0 Å². The molecular formula is C16H27NO3. The molecule has 0 heterocycles. The number of aldehydes is 1. The summed E-state index contributed by atoms with van der Waals surface area (Å²) in [6, 6.07) is 0.0649. The zero-order valence-electron chi connectivity index (χ0n) is 13.2. The first-order valence-corrected chi connectivity index (χ1v) is 7.58. The Kier molecular flexibility index (Phi) is 3.87. The average Bonchev–Trinajstić information content (AvgIpc) is 2.28. The third-order valence-electron chi connectivity index (χ3n) is 5.16. The standard InChI is InChI=1S/C16H27NO3/c1-15(2,3)20-14(19)17-13-10(6-7-18)8-11-9-12(13)16(11,4)5/h7,10-13H,6,8-9H2,1-5H3,(H,17,19)/t10-,11-,12-,13+/m0/s1. The molecule has 3 aliphatic rings. The number of ether oxygens (including phenoxy) is 1. The third kappa shape index (κ3) is 2.84. The van der Waals surface area contributed by atoms with Crippen molar-refractivity contribution in [3.63, 3.8) is 0 Å². The molecule has 3 rings (SSSR count). The van der Waals surface area contributed by atoms with E-state index in [1.807, 2.05) is 20.8 Å². The maximum Gasteiger partial charge on any atom is 0.407 e. The third-order valence-corrected chi connectivity index (χ3v) is 5.16. The number of nitrogens with one attached hydrogen (secondary N) is 1. The molecule has 3 aliphatic carbocycles. The second kappa shape index (κ2) is 5.05. The van der Waals surface area contributed by atoms with Gasteiger partial charge in [0.15, 0.2) is 0 Å². The van der Waals surface area contributed by atoms with E-state index in [2.05, 4.69) is 19.2 Å². The highest BCUT2D eigenvalue weighted by atomic mass is 16.6. The molecule has 0 aromatic carbocycles. The van der Waals surface area contributed by atoms with Crippen LogP contribution in [0.2, 0.25) is 0 Å². The Morgan fingerprint density at radius 2 is 2.00 bits per heavy atom.